The SMILES string of the molecule is CCCCN1CCC(CNCC)C1. The van der Waals surface area contributed by atoms with Crippen LogP contribution in [0.2, 0.25) is 0 Å². The van der Waals surface area contributed by atoms with Crippen LogP contribution in [0.15, 0.2) is 0 Å². The lowest BCUT2D eigenvalue weighted by Gasteiger charge is -2.15. The smallest absolute Gasteiger partial charge is 0.00223 e. The van der Waals surface area contributed by atoms with Crippen molar-refractivity contribution in [2.24, 2.45) is 5.92 Å². The zero-order valence-electron chi connectivity index (χ0n) is 9.18. The number of likely N-dealkylation sites (tertiary alicyclic amines) is 1. The highest BCUT2D eigenvalue weighted by atomic mass is 15.1. The Morgan fingerprint density at radius 1 is 1.38 bits per heavy atom. The van der Waals surface area contributed by atoms with E-state index in [0.717, 1.165) is 12.5 Å². The molecule has 1 heterocycles. The van der Waals surface area contributed by atoms with Crippen LogP contribution < -0.4 is 5.32 Å². The lowest BCUT2D eigenvalue weighted by atomic mass is 10.1. The van der Waals surface area contributed by atoms with Crippen LogP contribution in [0.1, 0.15) is 33.1 Å². The highest BCUT2D eigenvalue weighted by Crippen LogP contribution is 2.15. The summed E-state index contributed by atoms with van der Waals surface area (Å²) in [4.78, 5) is 2.62. The Morgan fingerprint density at radius 3 is 2.92 bits per heavy atom. The van der Waals surface area contributed by atoms with E-state index >= 15 is 0 Å². The second kappa shape index (κ2) is 6.39. The Bertz CT molecular complexity index is 111. The molecule has 2 heteroatoms. The number of rotatable bonds is 6. The average Bonchev–Trinajstić information content (AvgIpc) is 2.59. The summed E-state index contributed by atoms with van der Waals surface area (Å²) in [5.41, 5.74) is 0. The third-order valence-electron chi connectivity index (χ3n) is 2.88. The van der Waals surface area contributed by atoms with Gasteiger partial charge >= 0.3 is 0 Å². The summed E-state index contributed by atoms with van der Waals surface area (Å²) < 4.78 is 0. The molecule has 0 bridgehead atoms. The Hall–Kier alpha value is -0.0800. The fourth-order valence-electron chi connectivity index (χ4n) is 2.01. The molecule has 1 aliphatic heterocycles. The number of nitrogens with one attached hydrogen (secondary N) is 1. The van der Waals surface area contributed by atoms with Gasteiger partial charge in [0, 0.05) is 6.54 Å². The summed E-state index contributed by atoms with van der Waals surface area (Å²) in [7, 11) is 0. The monoisotopic (exact) mass is 184 g/mol. The van der Waals surface area contributed by atoms with E-state index in [-0.39, 0.29) is 0 Å². The van der Waals surface area contributed by atoms with Gasteiger partial charge in [0.25, 0.3) is 0 Å². The highest BCUT2D eigenvalue weighted by Gasteiger charge is 2.20. The van der Waals surface area contributed by atoms with E-state index in [0.29, 0.717) is 0 Å². The molecule has 0 aliphatic carbocycles. The topological polar surface area (TPSA) is 15.3 Å². The van der Waals surface area contributed by atoms with E-state index < -0.39 is 0 Å². The standard InChI is InChI=1S/C11H24N2/c1-3-5-7-13-8-6-11(10-13)9-12-4-2/h11-12H,3-10H2,1-2H3. The minimum atomic E-state index is 0.914. The van der Waals surface area contributed by atoms with Crippen molar-refractivity contribution in [2.45, 2.75) is 33.1 Å². The van der Waals surface area contributed by atoms with Crippen LogP contribution in [-0.2, 0) is 0 Å². The van der Waals surface area contributed by atoms with Crippen LogP contribution in [0.25, 0.3) is 0 Å². The van der Waals surface area contributed by atoms with Crippen LogP contribution in [-0.4, -0.2) is 37.6 Å². The molecule has 13 heavy (non-hydrogen) atoms. The van der Waals surface area contributed by atoms with Gasteiger partial charge in [0.15, 0.2) is 0 Å². The molecular weight excluding hydrogens is 160 g/mol. The van der Waals surface area contributed by atoms with E-state index in [2.05, 4.69) is 24.1 Å². The normalized spacial score (nSPS) is 24.0. The molecule has 1 aliphatic rings. The van der Waals surface area contributed by atoms with Crippen molar-refractivity contribution in [3.05, 3.63) is 0 Å². The van der Waals surface area contributed by atoms with Gasteiger partial charge < -0.3 is 10.2 Å². The van der Waals surface area contributed by atoms with Gasteiger partial charge in [-0.2, -0.15) is 0 Å². The Morgan fingerprint density at radius 2 is 2.23 bits per heavy atom. The van der Waals surface area contributed by atoms with Crippen molar-refractivity contribution in [2.75, 3.05) is 32.7 Å². The van der Waals surface area contributed by atoms with Gasteiger partial charge in [-0.3, -0.25) is 0 Å². The molecule has 1 rings (SSSR count). The molecular formula is C11H24N2. The van der Waals surface area contributed by atoms with Crippen LogP contribution in [0, 0.1) is 5.92 Å². The van der Waals surface area contributed by atoms with Gasteiger partial charge in [-0.05, 0) is 44.9 Å². The predicted octanol–water partition coefficient (Wildman–Crippen LogP) is 1.72. The maximum Gasteiger partial charge on any atom is 0.00223 e. The number of unbranched alkanes of at least 4 members (excludes halogenated alkanes) is 1. The van der Waals surface area contributed by atoms with Gasteiger partial charge in [-0.1, -0.05) is 20.3 Å². The van der Waals surface area contributed by atoms with Crippen molar-refractivity contribution in [3.63, 3.8) is 0 Å². The molecule has 1 atom stereocenters. The summed E-state index contributed by atoms with van der Waals surface area (Å²) in [6, 6.07) is 0. The van der Waals surface area contributed by atoms with Crippen molar-refractivity contribution >= 4 is 0 Å². The van der Waals surface area contributed by atoms with Crippen LogP contribution in [0.4, 0.5) is 0 Å². The minimum absolute atomic E-state index is 0.914. The van der Waals surface area contributed by atoms with Crippen LogP contribution >= 0.6 is 0 Å². The zero-order valence-corrected chi connectivity index (χ0v) is 9.18. The van der Waals surface area contributed by atoms with E-state index in [1.54, 1.807) is 0 Å². The molecule has 0 aromatic rings. The third-order valence-corrected chi connectivity index (χ3v) is 2.88. The first-order chi connectivity index (χ1) is 6.36. The molecule has 0 aromatic carbocycles. The molecule has 1 unspecified atom stereocenters. The number of hydrogen-bond donors (Lipinski definition) is 1. The van der Waals surface area contributed by atoms with Crippen molar-refractivity contribution in [1.82, 2.24) is 10.2 Å². The Balaban J connectivity index is 2.05. The molecule has 1 N–H and O–H groups in total. The lowest BCUT2D eigenvalue weighted by molar-refractivity contribution is 0.316. The molecule has 1 saturated heterocycles. The maximum absolute atomic E-state index is 3.44. The predicted molar refractivity (Wildman–Crippen MR) is 58.0 cm³/mol. The molecule has 0 saturated carbocycles. The van der Waals surface area contributed by atoms with Crippen molar-refractivity contribution in [1.29, 1.82) is 0 Å². The van der Waals surface area contributed by atoms with Crippen LogP contribution in [0.5, 0.6) is 0 Å². The van der Waals surface area contributed by atoms with Crippen molar-refractivity contribution < 1.29 is 0 Å². The average molecular weight is 184 g/mol. The summed E-state index contributed by atoms with van der Waals surface area (Å²) in [6.07, 6.45) is 4.10. The maximum atomic E-state index is 3.44. The highest BCUT2D eigenvalue weighted by molar-refractivity contribution is 4.76. The molecule has 0 radical (unpaired) electrons. The summed E-state index contributed by atoms with van der Waals surface area (Å²) >= 11 is 0. The van der Waals surface area contributed by atoms with Gasteiger partial charge in [0.2, 0.25) is 0 Å². The van der Waals surface area contributed by atoms with Gasteiger partial charge in [0.05, 0.1) is 0 Å². The molecule has 78 valence electrons. The third kappa shape index (κ3) is 4.10. The van der Waals surface area contributed by atoms with Gasteiger partial charge in [-0.25, -0.2) is 0 Å². The molecule has 0 aromatic heterocycles. The fourth-order valence-corrected chi connectivity index (χ4v) is 2.01. The quantitative estimate of drug-likeness (QED) is 0.676. The second-order valence-electron chi connectivity index (χ2n) is 4.12. The zero-order chi connectivity index (χ0) is 9.52. The first-order valence-electron chi connectivity index (χ1n) is 5.79. The lowest BCUT2D eigenvalue weighted by Crippen LogP contribution is -2.26. The van der Waals surface area contributed by atoms with Gasteiger partial charge in [-0.15, -0.1) is 0 Å². The summed E-state index contributed by atoms with van der Waals surface area (Å²) in [6.45, 7) is 10.8. The molecule has 2 nitrogen and oxygen atoms in total. The van der Waals surface area contributed by atoms with E-state index in [4.69, 9.17) is 0 Å². The van der Waals surface area contributed by atoms with Crippen LogP contribution in [0.3, 0.4) is 0 Å². The summed E-state index contributed by atoms with van der Waals surface area (Å²) in [5.74, 6) is 0.914. The number of hydrogen-bond acceptors (Lipinski definition) is 2. The first kappa shape index (κ1) is 11.0. The molecule has 0 spiro atoms. The van der Waals surface area contributed by atoms with E-state index in [1.165, 1.54) is 45.4 Å². The Labute approximate surface area is 82.7 Å². The number of nitrogens with zero attached hydrogens (tertiary/aromatic N) is 1. The summed E-state index contributed by atoms with van der Waals surface area (Å²) in [5, 5.41) is 3.44. The largest absolute Gasteiger partial charge is 0.317 e. The van der Waals surface area contributed by atoms with Crippen molar-refractivity contribution in [3.8, 4) is 0 Å². The minimum Gasteiger partial charge on any atom is -0.317 e. The van der Waals surface area contributed by atoms with E-state index in [1.807, 2.05) is 0 Å². The van der Waals surface area contributed by atoms with E-state index in [9.17, 15) is 0 Å². The Kier molecular flexibility index (Phi) is 5.40. The molecule has 1 fully saturated rings. The fraction of sp³-hybridized carbons (Fsp3) is 1.00. The molecule has 0 amide bonds. The van der Waals surface area contributed by atoms with Gasteiger partial charge in [0.1, 0.15) is 0 Å². The second-order valence-corrected chi connectivity index (χ2v) is 4.12. The first-order valence-corrected chi connectivity index (χ1v) is 5.79.